The molecule has 1 saturated carbocycles. The molecule has 10 heavy (non-hydrogen) atoms. The molecule has 3 heteroatoms. The van der Waals surface area contributed by atoms with Gasteiger partial charge in [0.25, 0.3) is 0 Å². The van der Waals surface area contributed by atoms with Gasteiger partial charge >= 0.3 is 0 Å². The van der Waals surface area contributed by atoms with Crippen LogP contribution in [-0.4, -0.2) is 5.84 Å². The van der Waals surface area contributed by atoms with Crippen molar-refractivity contribution in [2.75, 3.05) is 0 Å². The first-order chi connectivity index (χ1) is 4.83. The minimum absolute atomic E-state index is 0.604. The Morgan fingerprint density at radius 2 is 2.00 bits per heavy atom. The first kappa shape index (κ1) is 7.38. The Morgan fingerprint density at radius 3 is 2.50 bits per heavy atom. The molecule has 0 unspecified atom stereocenters. The Bertz CT molecular complexity index is 125. The average molecular weight is 141 g/mol. The van der Waals surface area contributed by atoms with Crippen molar-refractivity contribution in [3.05, 3.63) is 0 Å². The molecule has 1 aliphatic carbocycles. The maximum Gasteiger partial charge on any atom is 0.119 e. The van der Waals surface area contributed by atoms with Crippen LogP contribution in [0.15, 0.2) is 5.10 Å². The highest BCUT2D eigenvalue weighted by atomic mass is 15.1. The van der Waals surface area contributed by atoms with Gasteiger partial charge in [-0.3, -0.25) is 0 Å². The summed E-state index contributed by atoms with van der Waals surface area (Å²) < 4.78 is 0. The van der Waals surface area contributed by atoms with Crippen molar-refractivity contribution >= 4 is 5.84 Å². The molecule has 1 fully saturated rings. The highest BCUT2D eigenvalue weighted by Gasteiger charge is 2.15. The Labute approximate surface area is 61.5 Å². The highest BCUT2D eigenvalue weighted by Crippen LogP contribution is 2.26. The lowest BCUT2D eigenvalue weighted by Gasteiger charge is -2.05. The van der Waals surface area contributed by atoms with Crippen molar-refractivity contribution in [1.29, 1.82) is 0 Å². The number of rotatable bonds is 2. The maximum atomic E-state index is 5.48. The van der Waals surface area contributed by atoms with E-state index in [-0.39, 0.29) is 0 Å². The standard InChI is InChI=1S/C7H15N3/c8-7(10-9)5-6-3-1-2-4-6/h6H,1-5,9H2,(H2,8,10). The van der Waals surface area contributed by atoms with Gasteiger partial charge in [-0.1, -0.05) is 25.7 Å². The number of nitrogens with two attached hydrogens (primary N) is 2. The van der Waals surface area contributed by atoms with Crippen molar-refractivity contribution in [2.45, 2.75) is 32.1 Å². The van der Waals surface area contributed by atoms with Crippen LogP contribution in [-0.2, 0) is 0 Å². The first-order valence-electron chi connectivity index (χ1n) is 3.85. The minimum atomic E-state index is 0.604. The van der Waals surface area contributed by atoms with E-state index in [0.29, 0.717) is 5.84 Å². The summed E-state index contributed by atoms with van der Waals surface area (Å²) in [6, 6.07) is 0. The van der Waals surface area contributed by atoms with Gasteiger partial charge in [-0.2, -0.15) is 5.10 Å². The molecule has 0 spiro atoms. The third kappa shape index (κ3) is 1.90. The van der Waals surface area contributed by atoms with Crippen LogP contribution in [0.1, 0.15) is 32.1 Å². The molecule has 0 aromatic carbocycles. The number of hydrogen-bond donors (Lipinski definition) is 2. The second-order valence-corrected chi connectivity index (χ2v) is 2.98. The predicted molar refractivity (Wildman–Crippen MR) is 42.4 cm³/mol. The number of nitrogens with zero attached hydrogens (tertiary/aromatic N) is 1. The second kappa shape index (κ2) is 3.44. The summed E-state index contributed by atoms with van der Waals surface area (Å²) in [4.78, 5) is 0. The SMILES string of the molecule is N/N=C(/N)CC1CCCC1. The van der Waals surface area contributed by atoms with Gasteiger partial charge < -0.3 is 11.6 Å². The summed E-state index contributed by atoms with van der Waals surface area (Å²) in [6.45, 7) is 0. The smallest absolute Gasteiger partial charge is 0.119 e. The topological polar surface area (TPSA) is 64.4 Å². The Balaban J connectivity index is 2.24. The number of hydrogen-bond acceptors (Lipinski definition) is 2. The van der Waals surface area contributed by atoms with Crippen LogP contribution >= 0.6 is 0 Å². The van der Waals surface area contributed by atoms with Crippen LogP contribution in [0.2, 0.25) is 0 Å². The molecule has 0 aliphatic heterocycles. The van der Waals surface area contributed by atoms with Crippen LogP contribution in [0.25, 0.3) is 0 Å². The van der Waals surface area contributed by atoms with Gasteiger partial charge in [-0.05, 0) is 5.92 Å². The van der Waals surface area contributed by atoms with Crippen molar-refractivity contribution in [1.82, 2.24) is 0 Å². The lowest BCUT2D eigenvalue weighted by atomic mass is 10.0. The zero-order valence-electron chi connectivity index (χ0n) is 6.21. The Hall–Kier alpha value is -0.730. The van der Waals surface area contributed by atoms with E-state index in [2.05, 4.69) is 5.10 Å². The lowest BCUT2D eigenvalue weighted by Crippen LogP contribution is -2.17. The summed E-state index contributed by atoms with van der Waals surface area (Å²) in [5, 5.41) is 3.45. The van der Waals surface area contributed by atoms with Crippen LogP contribution in [0, 0.1) is 5.92 Å². The average Bonchev–Trinajstić information content (AvgIpc) is 2.40. The van der Waals surface area contributed by atoms with Gasteiger partial charge in [-0.25, -0.2) is 0 Å². The first-order valence-corrected chi connectivity index (χ1v) is 3.85. The third-order valence-corrected chi connectivity index (χ3v) is 2.14. The lowest BCUT2D eigenvalue weighted by molar-refractivity contribution is 0.570. The van der Waals surface area contributed by atoms with Crippen LogP contribution in [0.3, 0.4) is 0 Å². The largest absolute Gasteiger partial charge is 0.386 e. The summed E-state index contributed by atoms with van der Waals surface area (Å²) in [6.07, 6.45) is 6.20. The Morgan fingerprint density at radius 1 is 1.40 bits per heavy atom. The third-order valence-electron chi connectivity index (χ3n) is 2.14. The summed E-state index contributed by atoms with van der Waals surface area (Å²) >= 11 is 0. The fourth-order valence-corrected chi connectivity index (χ4v) is 1.56. The zero-order chi connectivity index (χ0) is 7.40. The maximum absolute atomic E-state index is 5.48. The summed E-state index contributed by atoms with van der Waals surface area (Å²) in [7, 11) is 0. The van der Waals surface area contributed by atoms with E-state index < -0.39 is 0 Å². The van der Waals surface area contributed by atoms with E-state index in [9.17, 15) is 0 Å². The van der Waals surface area contributed by atoms with E-state index in [0.717, 1.165) is 12.3 Å². The Kier molecular flexibility index (Phi) is 2.54. The van der Waals surface area contributed by atoms with Crippen molar-refractivity contribution in [3.8, 4) is 0 Å². The van der Waals surface area contributed by atoms with Crippen LogP contribution < -0.4 is 11.6 Å². The van der Waals surface area contributed by atoms with Gasteiger partial charge in [0, 0.05) is 6.42 Å². The van der Waals surface area contributed by atoms with E-state index in [1.807, 2.05) is 0 Å². The number of hydrazone groups is 1. The molecule has 4 N–H and O–H groups in total. The monoisotopic (exact) mass is 141 g/mol. The summed E-state index contributed by atoms with van der Waals surface area (Å²) in [5.41, 5.74) is 5.48. The fraction of sp³-hybridized carbons (Fsp3) is 0.857. The van der Waals surface area contributed by atoms with Crippen molar-refractivity contribution in [3.63, 3.8) is 0 Å². The summed E-state index contributed by atoms with van der Waals surface area (Å²) in [5.74, 6) is 6.37. The van der Waals surface area contributed by atoms with Gasteiger partial charge in [-0.15, -0.1) is 0 Å². The zero-order valence-corrected chi connectivity index (χ0v) is 6.21. The molecule has 0 aromatic rings. The molecule has 0 aromatic heterocycles. The minimum Gasteiger partial charge on any atom is -0.386 e. The van der Waals surface area contributed by atoms with E-state index in [4.69, 9.17) is 11.6 Å². The van der Waals surface area contributed by atoms with E-state index >= 15 is 0 Å². The highest BCUT2D eigenvalue weighted by molar-refractivity contribution is 5.80. The molecule has 1 rings (SSSR count). The fourth-order valence-electron chi connectivity index (χ4n) is 1.56. The quantitative estimate of drug-likeness (QED) is 0.258. The molecule has 1 aliphatic rings. The van der Waals surface area contributed by atoms with Gasteiger partial charge in [0.1, 0.15) is 5.84 Å². The second-order valence-electron chi connectivity index (χ2n) is 2.98. The molecule has 0 heterocycles. The van der Waals surface area contributed by atoms with E-state index in [1.165, 1.54) is 25.7 Å². The molecule has 0 amide bonds. The predicted octanol–water partition coefficient (Wildman–Crippen LogP) is 0.798. The van der Waals surface area contributed by atoms with Gasteiger partial charge in [0.15, 0.2) is 0 Å². The van der Waals surface area contributed by atoms with E-state index in [1.54, 1.807) is 0 Å². The van der Waals surface area contributed by atoms with Crippen LogP contribution in [0.5, 0.6) is 0 Å². The normalized spacial score (nSPS) is 21.8. The van der Waals surface area contributed by atoms with Gasteiger partial charge in [0.2, 0.25) is 0 Å². The molecular weight excluding hydrogens is 126 g/mol. The van der Waals surface area contributed by atoms with Gasteiger partial charge in [0.05, 0.1) is 0 Å². The molecule has 0 atom stereocenters. The van der Waals surface area contributed by atoms with Crippen LogP contribution in [0.4, 0.5) is 0 Å². The number of amidine groups is 1. The molecular formula is C7H15N3. The van der Waals surface area contributed by atoms with Crippen molar-refractivity contribution < 1.29 is 0 Å². The molecule has 0 bridgehead atoms. The van der Waals surface area contributed by atoms with Crippen molar-refractivity contribution in [2.24, 2.45) is 22.6 Å². The molecule has 0 saturated heterocycles. The molecule has 0 radical (unpaired) electrons. The molecule has 3 nitrogen and oxygen atoms in total. The molecule has 58 valence electrons.